The zero-order chi connectivity index (χ0) is 27.8. The van der Waals surface area contributed by atoms with Gasteiger partial charge in [0.15, 0.2) is 0 Å². The molecule has 1 fully saturated rings. The van der Waals surface area contributed by atoms with Crippen molar-refractivity contribution in [3.8, 4) is 5.69 Å². The summed E-state index contributed by atoms with van der Waals surface area (Å²) in [6, 6.07) is 14.7. The Hall–Kier alpha value is -3.95. The van der Waals surface area contributed by atoms with Gasteiger partial charge in [-0.25, -0.2) is 13.6 Å². The third kappa shape index (κ3) is 5.20. The first kappa shape index (κ1) is 26.6. The maximum atomic E-state index is 15.6. The lowest BCUT2D eigenvalue weighted by molar-refractivity contribution is 0.0695. The van der Waals surface area contributed by atoms with E-state index in [-0.39, 0.29) is 27.4 Å². The molecule has 1 aliphatic heterocycles. The van der Waals surface area contributed by atoms with E-state index >= 15 is 4.39 Å². The van der Waals surface area contributed by atoms with Crippen molar-refractivity contribution in [3.05, 3.63) is 98.8 Å². The molecule has 7 nitrogen and oxygen atoms in total. The van der Waals surface area contributed by atoms with Crippen LogP contribution in [0, 0.1) is 11.6 Å². The highest BCUT2D eigenvalue weighted by Gasteiger charge is 2.27. The molecule has 2 heterocycles. The molecule has 0 aliphatic carbocycles. The van der Waals surface area contributed by atoms with Gasteiger partial charge < -0.3 is 24.4 Å². The number of carboxylic acid groups (broad SMARTS) is 1. The number of hydrogen-bond acceptors (Lipinski definition) is 5. The molecule has 5 rings (SSSR count). The van der Waals surface area contributed by atoms with E-state index in [1.165, 1.54) is 18.3 Å². The summed E-state index contributed by atoms with van der Waals surface area (Å²) < 4.78 is 30.4. The number of halogens is 3. The number of anilines is 2. The first-order valence-electron chi connectivity index (χ1n) is 12.4. The number of aromatic carboxylic acids is 1. The average Bonchev–Trinajstić information content (AvgIpc) is 2.90. The Bertz CT molecular complexity index is 1600. The topological polar surface area (TPSA) is 69.0 Å². The van der Waals surface area contributed by atoms with E-state index in [0.717, 1.165) is 17.3 Å². The largest absolute Gasteiger partial charge is 0.477 e. The van der Waals surface area contributed by atoms with Gasteiger partial charge in [-0.15, -0.1) is 0 Å². The van der Waals surface area contributed by atoms with E-state index in [2.05, 4.69) is 4.90 Å². The van der Waals surface area contributed by atoms with Gasteiger partial charge in [0.05, 0.1) is 21.6 Å². The van der Waals surface area contributed by atoms with Crippen LogP contribution >= 0.6 is 11.6 Å². The average molecular weight is 553 g/mol. The van der Waals surface area contributed by atoms with Crippen LogP contribution in [0.4, 0.5) is 20.2 Å². The van der Waals surface area contributed by atoms with Gasteiger partial charge in [0, 0.05) is 50.3 Å². The SMILES string of the molecule is CN(C)Cc1ccc(-n2cc(C(=O)O)c(=O)c3cc(F)c(N4CCN(c5ccc(F)cc5)CC4)c(Cl)c32)cc1. The fourth-order valence-corrected chi connectivity index (χ4v) is 5.42. The van der Waals surface area contributed by atoms with Crippen molar-refractivity contribution >= 4 is 39.8 Å². The number of benzene rings is 3. The second-order valence-corrected chi connectivity index (χ2v) is 10.2. The van der Waals surface area contributed by atoms with Crippen molar-refractivity contribution in [2.75, 3.05) is 50.1 Å². The predicted octanol–water partition coefficient (Wildman–Crippen LogP) is 5.01. The maximum absolute atomic E-state index is 15.6. The highest BCUT2D eigenvalue weighted by Crippen LogP contribution is 2.37. The number of aromatic nitrogens is 1. The Kier molecular flexibility index (Phi) is 7.29. The molecule has 0 amide bonds. The summed E-state index contributed by atoms with van der Waals surface area (Å²) in [7, 11) is 3.91. The third-order valence-corrected chi connectivity index (χ3v) is 7.25. The normalized spacial score (nSPS) is 13.9. The van der Waals surface area contributed by atoms with Crippen LogP contribution < -0.4 is 15.2 Å². The number of carbonyl (C=O) groups is 1. The van der Waals surface area contributed by atoms with Crippen LogP contribution in [0.25, 0.3) is 16.6 Å². The van der Waals surface area contributed by atoms with Gasteiger partial charge in [-0.05, 0) is 62.1 Å². The summed E-state index contributed by atoms with van der Waals surface area (Å²) in [5.41, 5.74) is 1.62. The molecule has 1 aliphatic rings. The standard InChI is InChI=1S/C29H27ClF2N4O3/c1-33(2)16-18-3-7-21(8-4-18)36-17-23(29(38)39)28(37)22-15-24(32)27(25(30)26(22)36)35-13-11-34(12-14-35)20-9-5-19(31)6-10-20/h3-10,15,17H,11-14,16H2,1-2H3,(H,38,39). The van der Waals surface area contributed by atoms with Crippen molar-refractivity contribution < 1.29 is 18.7 Å². The number of nitrogens with zero attached hydrogens (tertiary/aromatic N) is 4. The lowest BCUT2D eigenvalue weighted by atomic mass is 10.1. The number of pyridine rings is 1. The minimum absolute atomic E-state index is 0.0339. The van der Waals surface area contributed by atoms with Crippen molar-refractivity contribution in [2.24, 2.45) is 0 Å². The summed E-state index contributed by atoms with van der Waals surface area (Å²) in [6.45, 7) is 2.70. The molecule has 202 valence electrons. The van der Waals surface area contributed by atoms with Gasteiger partial charge in [0.1, 0.15) is 17.2 Å². The molecule has 1 aromatic heterocycles. The van der Waals surface area contributed by atoms with E-state index in [0.29, 0.717) is 38.4 Å². The number of hydrogen-bond donors (Lipinski definition) is 1. The van der Waals surface area contributed by atoms with E-state index in [9.17, 15) is 19.1 Å². The quantitative estimate of drug-likeness (QED) is 0.363. The fraction of sp³-hybridized carbons (Fsp3) is 0.241. The minimum atomic E-state index is -1.41. The first-order valence-corrected chi connectivity index (χ1v) is 12.8. The molecule has 1 N–H and O–H groups in total. The highest BCUT2D eigenvalue weighted by molar-refractivity contribution is 6.38. The smallest absolute Gasteiger partial charge is 0.341 e. The van der Waals surface area contributed by atoms with Crippen molar-refractivity contribution in [1.82, 2.24) is 9.47 Å². The summed E-state index contributed by atoms with van der Waals surface area (Å²) in [4.78, 5) is 30.9. The summed E-state index contributed by atoms with van der Waals surface area (Å²) in [6.07, 6.45) is 1.24. The highest BCUT2D eigenvalue weighted by atomic mass is 35.5. The van der Waals surface area contributed by atoms with Crippen LogP contribution in [0.2, 0.25) is 5.02 Å². The molecule has 1 saturated heterocycles. The molecule has 0 atom stereocenters. The molecular formula is C29H27ClF2N4O3. The van der Waals surface area contributed by atoms with Gasteiger partial charge in [-0.3, -0.25) is 4.79 Å². The van der Waals surface area contributed by atoms with E-state index in [1.54, 1.807) is 16.7 Å². The fourth-order valence-electron chi connectivity index (χ4n) is 5.02. The van der Waals surface area contributed by atoms with Gasteiger partial charge in [0.25, 0.3) is 0 Å². The molecule has 10 heteroatoms. The summed E-state index contributed by atoms with van der Waals surface area (Å²) in [5.74, 6) is -2.42. The molecule has 0 unspecified atom stereocenters. The van der Waals surface area contributed by atoms with Crippen molar-refractivity contribution in [1.29, 1.82) is 0 Å². The van der Waals surface area contributed by atoms with Crippen LogP contribution in [-0.2, 0) is 6.54 Å². The Morgan fingerprint density at radius 3 is 2.13 bits per heavy atom. The zero-order valence-electron chi connectivity index (χ0n) is 21.5. The molecule has 4 aromatic rings. The Morgan fingerprint density at radius 1 is 0.949 bits per heavy atom. The lowest BCUT2D eigenvalue weighted by Gasteiger charge is -2.38. The van der Waals surface area contributed by atoms with Gasteiger partial charge >= 0.3 is 5.97 Å². The van der Waals surface area contributed by atoms with E-state index in [4.69, 9.17) is 11.6 Å². The number of carboxylic acids is 1. The van der Waals surface area contributed by atoms with Crippen LogP contribution in [0.1, 0.15) is 15.9 Å². The lowest BCUT2D eigenvalue weighted by Crippen LogP contribution is -2.47. The van der Waals surface area contributed by atoms with Crippen LogP contribution in [0.15, 0.2) is 65.6 Å². The van der Waals surface area contributed by atoms with Gasteiger partial charge in [-0.2, -0.15) is 0 Å². The zero-order valence-corrected chi connectivity index (χ0v) is 22.3. The maximum Gasteiger partial charge on any atom is 0.341 e. The molecule has 3 aromatic carbocycles. The van der Waals surface area contributed by atoms with Crippen molar-refractivity contribution in [2.45, 2.75) is 6.54 Å². The van der Waals surface area contributed by atoms with E-state index < -0.39 is 22.8 Å². The van der Waals surface area contributed by atoms with Crippen LogP contribution in [0.3, 0.4) is 0 Å². The molecule has 0 radical (unpaired) electrons. The number of fused-ring (bicyclic) bond motifs is 1. The Labute approximate surface area is 229 Å². The summed E-state index contributed by atoms with van der Waals surface area (Å²) in [5, 5.41) is 9.62. The second kappa shape index (κ2) is 10.7. The monoisotopic (exact) mass is 552 g/mol. The van der Waals surface area contributed by atoms with Gasteiger partial charge in [0.2, 0.25) is 5.43 Å². The van der Waals surface area contributed by atoms with Crippen LogP contribution in [-0.4, -0.2) is 60.8 Å². The third-order valence-electron chi connectivity index (χ3n) is 6.89. The van der Waals surface area contributed by atoms with Crippen molar-refractivity contribution in [3.63, 3.8) is 0 Å². The number of piperazine rings is 1. The molecule has 0 bridgehead atoms. The molecule has 0 saturated carbocycles. The van der Waals surface area contributed by atoms with Crippen LogP contribution in [0.5, 0.6) is 0 Å². The Morgan fingerprint density at radius 2 is 1.54 bits per heavy atom. The summed E-state index contributed by atoms with van der Waals surface area (Å²) >= 11 is 6.86. The minimum Gasteiger partial charge on any atom is -0.477 e. The predicted molar refractivity (Wildman–Crippen MR) is 150 cm³/mol. The van der Waals surface area contributed by atoms with Gasteiger partial charge in [-0.1, -0.05) is 23.7 Å². The second-order valence-electron chi connectivity index (χ2n) is 9.82. The molecule has 0 spiro atoms. The molecule has 39 heavy (non-hydrogen) atoms. The van der Waals surface area contributed by atoms with E-state index in [1.807, 2.05) is 48.2 Å². The molecular weight excluding hydrogens is 526 g/mol. The Balaban J connectivity index is 1.58. The first-order chi connectivity index (χ1) is 18.6. The number of rotatable bonds is 6.